The topological polar surface area (TPSA) is 96.0 Å². The van der Waals surface area contributed by atoms with Crippen molar-refractivity contribution in [2.24, 2.45) is 0 Å². The Morgan fingerprint density at radius 2 is 1.60 bits per heavy atom. The number of hydrogen-bond acceptors (Lipinski definition) is 5. The fourth-order valence-corrected chi connectivity index (χ4v) is 4.64. The molecule has 0 aliphatic heterocycles. The molecule has 2 aromatic carbocycles. The number of anilines is 1. The molecule has 0 radical (unpaired) electrons. The third-order valence-corrected chi connectivity index (χ3v) is 6.94. The average molecular weight is 545 g/mol. The Balaban J connectivity index is 2.45. The number of benzene rings is 2. The maximum atomic E-state index is 13.6. The molecule has 0 saturated carbocycles. The second kappa shape index (κ2) is 11.5. The van der Waals surface area contributed by atoms with Gasteiger partial charge in [-0.1, -0.05) is 29.3 Å². The van der Waals surface area contributed by atoms with E-state index in [4.69, 9.17) is 27.9 Å². The zero-order valence-electron chi connectivity index (χ0n) is 20.6. The number of rotatable bonds is 9. The molecule has 1 atom stereocenters. The molecular weight excluding hydrogens is 513 g/mol. The molecule has 0 aromatic heterocycles. The number of ether oxygens (including phenoxy) is 1. The van der Waals surface area contributed by atoms with Crippen molar-refractivity contribution in [3.8, 4) is 5.75 Å². The molecule has 11 heteroatoms. The van der Waals surface area contributed by atoms with Crippen molar-refractivity contribution in [1.82, 2.24) is 10.2 Å². The monoisotopic (exact) mass is 543 g/mol. The fraction of sp³-hybridized carbons (Fsp3) is 0.417. The first-order chi connectivity index (χ1) is 16.1. The summed E-state index contributed by atoms with van der Waals surface area (Å²) in [6.45, 7) is 6.43. The maximum Gasteiger partial charge on any atom is 0.244 e. The molecule has 8 nitrogen and oxygen atoms in total. The highest BCUT2D eigenvalue weighted by molar-refractivity contribution is 7.92. The van der Waals surface area contributed by atoms with E-state index in [1.807, 2.05) is 20.8 Å². The number of nitrogens with one attached hydrogen (secondary N) is 1. The molecule has 0 saturated heterocycles. The summed E-state index contributed by atoms with van der Waals surface area (Å²) < 4.78 is 31.3. The largest absolute Gasteiger partial charge is 0.497 e. The van der Waals surface area contributed by atoms with Gasteiger partial charge in [-0.05, 0) is 64.1 Å². The van der Waals surface area contributed by atoms with Crippen LogP contribution in [0, 0.1) is 0 Å². The molecule has 0 bridgehead atoms. The zero-order valence-corrected chi connectivity index (χ0v) is 23.0. The van der Waals surface area contributed by atoms with Gasteiger partial charge in [-0.2, -0.15) is 0 Å². The number of nitrogens with zero attached hydrogens (tertiary/aromatic N) is 2. The van der Waals surface area contributed by atoms with E-state index in [1.54, 1.807) is 37.3 Å². The molecule has 2 amide bonds. The highest BCUT2D eigenvalue weighted by Crippen LogP contribution is 2.27. The summed E-state index contributed by atoms with van der Waals surface area (Å²) in [6.07, 6.45) is 1.01. The van der Waals surface area contributed by atoms with Gasteiger partial charge in [0.2, 0.25) is 21.8 Å². The first-order valence-electron chi connectivity index (χ1n) is 10.8. The first kappa shape index (κ1) is 28.7. The van der Waals surface area contributed by atoms with Crippen molar-refractivity contribution in [3.63, 3.8) is 0 Å². The lowest BCUT2D eigenvalue weighted by molar-refractivity contribution is -0.140. The standard InChI is InChI=1S/C24H31Cl2N3O5S/c1-16(23(31)27-24(2,3)4)28(14-19-20(25)8-7-9-21(19)26)22(30)15-29(35(6,32)33)17-10-12-18(34-5)13-11-17/h7-13,16H,14-15H2,1-6H3,(H,27,31)/t16-/m1/s1. The normalized spacial score (nSPS) is 12.6. The van der Waals surface area contributed by atoms with Gasteiger partial charge in [-0.15, -0.1) is 0 Å². The Kier molecular flexibility index (Phi) is 9.44. The molecule has 192 valence electrons. The summed E-state index contributed by atoms with van der Waals surface area (Å²) in [6, 6.07) is 10.3. The quantitative estimate of drug-likeness (QED) is 0.513. The highest BCUT2D eigenvalue weighted by atomic mass is 35.5. The minimum absolute atomic E-state index is 0.0870. The summed E-state index contributed by atoms with van der Waals surface area (Å²) in [5.41, 5.74) is 0.198. The molecule has 2 rings (SSSR count). The van der Waals surface area contributed by atoms with Crippen molar-refractivity contribution in [2.45, 2.75) is 45.8 Å². The Hall–Kier alpha value is -2.49. The average Bonchev–Trinajstić information content (AvgIpc) is 2.75. The van der Waals surface area contributed by atoms with Crippen molar-refractivity contribution in [1.29, 1.82) is 0 Å². The molecule has 0 fully saturated rings. The van der Waals surface area contributed by atoms with Crippen LogP contribution in [0.1, 0.15) is 33.3 Å². The van der Waals surface area contributed by atoms with Crippen molar-refractivity contribution < 1.29 is 22.7 Å². The number of hydrogen-bond donors (Lipinski definition) is 1. The van der Waals surface area contributed by atoms with Crippen molar-refractivity contribution in [3.05, 3.63) is 58.1 Å². The van der Waals surface area contributed by atoms with Crippen LogP contribution in [-0.2, 0) is 26.2 Å². The van der Waals surface area contributed by atoms with Gasteiger partial charge < -0.3 is 15.0 Å². The summed E-state index contributed by atoms with van der Waals surface area (Å²) in [5, 5.41) is 3.51. The van der Waals surface area contributed by atoms with E-state index < -0.39 is 40.0 Å². The molecule has 0 heterocycles. The number of amides is 2. The van der Waals surface area contributed by atoms with Crippen LogP contribution in [-0.4, -0.2) is 56.6 Å². The summed E-state index contributed by atoms with van der Waals surface area (Å²) in [4.78, 5) is 27.8. The second-order valence-electron chi connectivity index (χ2n) is 9.10. The molecule has 0 unspecified atom stereocenters. The van der Waals surface area contributed by atoms with Gasteiger partial charge in [0.05, 0.1) is 19.1 Å². The molecular formula is C24H31Cl2N3O5S. The van der Waals surface area contributed by atoms with Crippen LogP contribution in [0.15, 0.2) is 42.5 Å². The minimum Gasteiger partial charge on any atom is -0.497 e. The van der Waals surface area contributed by atoms with Gasteiger partial charge in [0, 0.05) is 27.7 Å². The van der Waals surface area contributed by atoms with Gasteiger partial charge in [0.15, 0.2) is 0 Å². The number of carbonyl (C=O) groups is 2. The third kappa shape index (κ3) is 8.02. The van der Waals surface area contributed by atoms with Crippen molar-refractivity contribution in [2.75, 3.05) is 24.2 Å². The van der Waals surface area contributed by atoms with E-state index in [1.165, 1.54) is 24.1 Å². The number of sulfonamides is 1. The zero-order chi connectivity index (χ0) is 26.6. The second-order valence-corrected chi connectivity index (χ2v) is 11.8. The fourth-order valence-electron chi connectivity index (χ4n) is 3.27. The minimum atomic E-state index is -3.84. The van der Waals surface area contributed by atoms with Gasteiger partial charge in [-0.25, -0.2) is 8.42 Å². The lowest BCUT2D eigenvalue weighted by Crippen LogP contribution is -2.54. The Labute approximate surface area is 217 Å². The summed E-state index contributed by atoms with van der Waals surface area (Å²) in [5.74, 6) is -0.459. The van der Waals surface area contributed by atoms with Gasteiger partial charge >= 0.3 is 0 Å². The Morgan fingerprint density at radius 3 is 2.06 bits per heavy atom. The van der Waals surface area contributed by atoms with Crippen LogP contribution < -0.4 is 14.4 Å². The highest BCUT2D eigenvalue weighted by Gasteiger charge is 2.32. The van der Waals surface area contributed by atoms with Crippen LogP contribution in [0.3, 0.4) is 0 Å². The number of carbonyl (C=O) groups excluding carboxylic acids is 2. The predicted molar refractivity (Wildman–Crippen MR) is 140 cm³/mol. The molecule has 35 heavy (non-hydrogen) atoms. The lowest BCUT2D eigenvalue weighted by atomic mass is 10.1. The molecule has 0 aliphatic rings. The van der Waals surface area contributed by atoms with Gasteiger partial charge in [0.25, 0.3) is 0 Å². The SMILES string of the molecule is COc1ccc(N(CC(=O)N(Cc2c(Cl)cccc2Cl)[C@H](C)C(=O)NC(C)(C)C)S(C)(=O)=O)cc1. The summed E-state index contributed by atoms with van der Waals surface area (Å²) in [7, 11) is -2.34. The van der Waals surface area contributed by atoms with Crippen LogP contribution in [0.25, 0.3) is 0 Å². The molecule has 0 aliphatic carbocycles. The third-order valence-electron chi connectivity index (χ3n) is 5.10. The smallest absolute Gasteiger partial charge is 0.244 e. The Bertz CT molecular complexity index is 1140. The maximum absolute atomic E-state index is 13.6. The van der Waals surface area contributed by atoms with Gasteiger partial charge in [0.1, 0.15) is 18.3 Å². The molecule has 0 spiro atoms. The lowest BCUT2D eigenvalue weighted by Gasteiger charge is -2.33. The van der Waals surface area contributed by atoms with Gasteiger partial charge in [-0.3, -0.25) is 13.9 Å². The van der Waals surface area contributed by atoms with E-state index in [0.29, 0.717) is 21.4 Å². The van der Waals surface area contributed by atoms with E-state index in [2.05, 4.69) is 5.32 Å². The Morgan fingerprint density at radius 1 is 1.06 bits per heavy atom. The molecule has 1 N–H and O–H groups in total. The van der Waals surface area contributed by atoms with E-state index >= 15 is 0 Å². The molecule has 2 aromatic rings. The number of halogens is 2. The van der Waals surface area contributed by atoms with E-state index in [0.717, 1.165) is 10.6 Å². The van der Waals surface area contributed by atoms with Crippen LogP contribution in [0.2, 0.25) is 10.0 Å². The first-order valence-corrected chi connectivity index (χ1v) is 13.4. The van der Waals surface area contributed by atoms with Crippen LogP contribution in [0.4, 0.5) is 5.69 Å². The van der Waals surface area contributed by atoms with Crippen LogP contribution in [0.5, 0.6) is 5.75 Å². The number of methoxy groups -OCH3 is 1. The summed E-state index contributed by atoms with van der Waals surface area (Å²) >= 11 is 12.7. The predicted octanol–water partition coefficient (Wildman–Crippen LogP) is 4.10. The van der Waals surface area contributed by atoms with Crippen molar-refractivity contribution >= 4 is 50.7 Å². The van der Waals surface area contributed by atoms with Crippen LogP contribution >= 0.6 is 23.2 Å². The van der Waals surface area contributed by atoms with E-state index in [-0.39, 0.29) is 12.2 Å². The van der Waals surface area contributed by atoms with E-state index in [9.17, 15) is 18.0 Å².